The van der Waals surface area contributed by atoms with E-state index in [1.165, 1.54) is 6.92 Å². The molecule has 0 saturated heterocycles. The molecule has 1 aliphatic rings. The van der Waals surface area contributed by atoms with E-state index in [1.54, 1.807) is 24.1 Å². The maximum Gasteiger partial charge on any atom is 0.238 e. The SMILES string of the molecule is CC(=O)N[C@H](C)C1=CCCN(CC(=O)Nc2cnn(C)c2)C1. The highest BCUT2D eigenvalue weighted by molar-refractivity contribution is 5.92. The van der Waals surface area contributed by atoms with Gasteiger partial charge >= 0.3 is 0 Å². The van der Waals surface area contributed by atoms with Crippen LogP contribution in [0, 0.1) is 0 Å². The molecule has 2 amide bonds. The molecule has 0 fully saturated rings. The topological polar surface area (TPSA) is 79.3 Å². The summed E-state index contributed by atoms with van der Waals surface area (Å²) in [5, 5.41) is 9.73. The largest absolute Gasteiger partial charge is 0.350 e. The minimum absolute atomic E-state index is 0.00156. The molecule has 0 unspecified atom stereocenters. The van der Waals surface area contributed by atoms with Crippen LogP contribution < -0.4 is 10.6 Å². The van der Waals surface area contributed by atoms with Crippen molar-refractivity contribution >= 4 is 17.5 Å². The molecule has 120 valence electrons. The predicted molar refractivity (Wildman–Crippen MR) is 84.3 cm³/mol. The van der Waals surface area contributed by atoms with Crippen LogP contribution in [0.1, 0.15) is 20.3 Å². The number of aryl methyl sites for hydroxylation is 1. The van der Waals surface area contributed by atoms with Gasteiger partial charge in [0.1, 0.15) is 0 Å². The van der Waals surface area contributed by atoms with Gasteiger partial charge in [0.15, 0.2) is 0 Å². The number of aromatic nitrogens is 2. The standard InChI is InChI=1S/C15H23N5O2/c1-11(17-12(2)21)13-5-4-6-20(8-13)10-15(22)18-14-7-16-19(3)9-14/h5,7,9,11H,4,6,8,10H2,1-3H3,(H,17,21)(H,18,22)/t11-/m1/s1. The molecule has 2 rings (SSSR count). The average Bonchev–Trinajstić information content (AvgIpc) is 2.83. The van der Waals surface area contributed by atoms with Crippen molar-refractivity contribution in [3.63, 3.8) is 0 Å². The Bertz CT molecular complexity index is 578. The fraction of sp³-hybridized carbons (Fsp3) is 0.533. The van der Waals surface area contributed by atoms with Gasteiger partial charge in [-0.1, -0.05) is 6.08 Å². The number of rotatable bonds is 5. The van der Waals surface area contributed by atoms with Crippen LogP contribution in [0.4, 0.5) is 5.69 Å². The molecular weight excluding hydrogens is 282 g/mol. The van der Waals surface area contributed by atoms with E-state index < -0.39 is 0 Å². The molecule has 1 aliphatic heterocycles. The highest BCUT2D eigenvalue weighted by Gasteiger charge is 2.19. The fourth-order valence-electron chi connectivity index (χ4n) is 2.57. The monoisotopic (exact) mass is 305 g/mol. The first-order valence-corrected chi connectivity index (χ1v) is 7.41. The van der Waals surface area contributed by atoms with Crippen molar-refractivity contribution < 1.29 is 9.59 Å². The maximum atomic E-state index is 12.1. The van der Waals surface area contributed by atoms with Gasteiger partial charge < -0.3 is 10.6 Å². The van der Waals surface area contributed by atoms with E-state index in [4.69, 9.17) is 0 Å². The van der Waals surface area contributed by atoms with Crippen LogP contribution >= 0.6 is 0 Å². The summed E-state index contributed by atoms with van der Waals surface area (Å²) in [6.07, 6.45) is 6.42. The van der Waals surface area contributed by atoms with Crippen molar-refractivity contribution in [3.8, 4) is 0 Å². The van der Waals surface area contributed by atoms with Gasteiger partial charge in [-0.25, -0.2) is 0 Å². The van der Waals surface area contributed by atoms with Crippen molar-refractivity contribution in [1.29, 1.82) is 0 Å². The van der Waals surface area contributed by atoms with Gasteiger partial charge in [-0.05, 0) is 18.9 Å². The second-order valence-electron chi connectivity index (χ2n) is 5.65. The summed E-state index contributed by atoms with van der Waals surface area (Å²) in [4.78, 5) is 25.3. The Kier molecular flexibility index (Phi) is 5.32. The number of carbonyl (C=O) groups is 2. The molecule has 7 heteroatoms. The molecule has 2 N–H and O–H groups in total. The summed E-state index contributed by atoms with van der Waals surface area (Å²) < 4.78 is 1.65. The molecule has 1 aromatic rings. The minimum Gasteiger partial charge on any atom is -0.350 e. The van der Waals surface area contributed by atoms with E-state index in [0.29, 0.717) is 18.8 Å². The average molecular weight is 305 g/mol. The van der Waals surface area contributed by atoms with E-state index in [-0.39, 0.29) is 17.9 Å². The third-order valence-corrected chi connectivity index (χ3v) is 3.59. The van der Waals surface area contributed by atoms with E-state index in [1.807, 2.05) is 6.92 Å². The first-order chi connectivity index (χ1) is 10.4. The normalized spacial score (nSPS) is 16.8. The highest BCUT2D eigenvalue weighted by atomic mass is 16.2. The van der Waals surface area contributed by atoms with Gasteiger partial charge in [-0.2, -0.15) is 5.10 Å². The van der Waals surface area contributed by atoms with Crippen molar-refractivity contribution in [2.24, 2.45) is 7.05 Å². The van der Waals surface area contributed by atoms with E-state index in [9.17, 15) is 9.59 Å². The van der Waals surface area contributed by atoms with Gasteiger partial charge in [0.2, 0.25) is 11.8 Å². The zero-order valence-corrected chi connectivity index (χ0v) is 13.3. The molecule has 1 atom stereocenters. The number of nitrogens with zero attached hydrogens (tertiary/aromatic N) is 3. The maximum absolute atomic E-state index is 12.1. The van der Waals surface area contributed by atoms with Crippen molar-refractivity contribution in [1.82, 2.24) is 20.0 Å². The van der Waals surface area contributed by atoms with Crippen molar-refractivity contribution in [2.75, 3.05) is 25.0 Å². The summed E-state index contributed by atoms with van der Waals surface area (Å²) >= 11 is 0. The Hall–Kier alpha value is -2.15. The molecular formula is C15H23N5O2. The van der Waals surface area contributed by atoms with Crippen LogP contribution in [0.2, 0.25) is 0 Å². The number of hydrogen-bond acceptors (Lipinski definition) is 4. The molecule has 1 aromatic heterocycles. The minimum atomic E-state index is -0.0542. The van der Waals surface area contributed by atoms with Gasteiger partial charge in [0.25, 0.3) is 0 Å². The van der Waals surface area contributed by atoms with Crippen LogP contribution in [0.5, 0.6) is 0 Å². The summed E-state index contributed by atoms with van der Waals surface area (Å²) in [6, 6.07) is 0.00156. The Morgan fingerprint density at radius 2 is 2.23 bits per heavy atom. The first-order valence-electron chi connectivity index (χ1n) is 7.41. The molecule has 0 spiro atoms. The van der Waals surface area contributed by atoms with Gasteiger partial charge in [0, 0.05) is 39.3 Å². The Balaban J connectivity index is 1.84. The third kappa shape index (κ3) is 4.70. The lowest BCUT2D eigenvalue weighted by Crippen LogP contribution is -2.42. The van der Waals surface area contributed by atoms with Crippen LogP contribution in [0.15, 0.2) is 24.0 Å². The fourth-order valence-corrected chi connectivity index (χ4v) is 2.57. The smallest absolute Gasteiger partial charge is 0.238 e. The lowest BCUT2D eigenvalue weighted by molar-refractivity contribution is -0.119. The lowest BCUT2D eigenvalue weighted by atomic mass is 10.0. The Labute approximate surface area is 130 Å². The Morgan fingerprint density at radius 1 is 1.45 bits per heavy atom. The zero-order chi connectivity index (χ0) is 16.1. The summed E-state index contributed by atoms with van der Waals surface area (Å²) in [7, 11) is 1.81. The van der Waals surface area contributed by atoms with E-state index in [0.717, 1.165) is 18.5 Å². The van der Waals surface area contributed by atoms with E-state index >= 15 is 0 Å². The molecule has 0 aliphatic carbocycles. The van der Waals surface area contributed by atoms with Crippen molar-refractivity contribution in [2.45, 2.75) is 26.3 Å². The molecule has 7 nitrogen and oxygen atoms in total. The molecule has 22 heavy (non-hydrogen) atoms. The predicted octanol–water partition coefficient (Wildman–Crippen LogP) is 0.515. The van der Waals surface area contributed by atoms with Crippen molar-refractivity contribution in [3.05, 3.63) is 24.0 Å². The number of amides is 2. The summed E-state index contributed by atoms with van der Waals surface area (Å²) in [5.74, 6) is -0.0960. The highest BCUT2D eigenvalue weighted by Crippen LogP contribution is 2.13. The van der Waals surface area contributed by atoms with E-state index in [2.05, 4.69) is 26.7 Å². The molecule has 0 saturated carbocycles. The second-order valence-corrected chi connectivity index (χ2v) is 5.65. The van der Waals surface area contributed by atoms with Crippen LogP contribution in [-0.4, -0.2) is 52.2 Å². The summed E-state index contributed by atoms with van der Waals surface area (Å²) in [6.45, 7) is 5.35. The molecule has 0 radical (unpaired) electrons. The quantitative estimate of drug-likeness (QED) is 0.777. The Morgan fingerprint density at radius 3 is 2.86 bits per heavy atom. The lowest BCUT2D eigenvalue weighted by Gasteiger charge is -2.29. The van der Waals surface area contributed by atoms with Crippen LogP contribution in [-0.2, 0) is 16.6 Å². The summed E-state index contributed by atoms with van der Waals surface area (Å²) in [5.41, 5.74) is 1.85. The van der Waals surface area contributed by atoms with Crippen LogP contribution in [0.3, 0.4) is 0 Å². The molecule has 2 heterocycles. The second kappa shape index (κ2) is 7.22. The molecule has 0 aromatic carbocycles. The number of hydrogen-bond donors (Lipinski definition) is 2. The molecule has 0 bridgehead atoms. The number of carbonyl (C=O) groups excluding carboxylic acids is 2. The van der Waals surface area contributed by atoms with Gasteiger partial charge in [-0.15, -0.1) is 0 Å². The van der Waals surface area contributed by atoms with Gasteiger partial charge in [-0.3, -0.25) is 19.2 Å². The first kappa shape index (κ1) is 16.2. The zero-order valence-electron chi connectivity index (χ0n) is 13.3. The van der Waals surface area contributed by atoms with Gasteiger partial charge in [0.05, 0.1) is 18.4 Å². The third-order valence-electron chi connectivity index (χ3n) is 3.59. The number of nitrogens with one attached hydrogen (secondary N) is 2. The van der Waals surface area contributed by atoms with Crippen LogP contribution in [0.25, 0.3) is 0 Å². The number of anilines is 1.